The van der Waals surface area contributed by atoms with Gasteiger partial charge in [0, 0.05) is 18.5 Å². The molecule has 6 nitrogen and oxygen atoms in total. The Bertz CT molecular complexity index is 827. The fourth-order valence-corrected chi connectivity index (χ4v) is 3.60. The third kappa shape index (κ3) is 3.79. The highest BCUT2D eigenvalue weighted by molar-refractivity contribution is 5.84. The van der Waals surface area contributed by atoms with Gasteiger partial charge in [0.2, 0.25) is 5.91 Å². The molecule has 0 bridgehead atoms. The molecule has 1 saturated heterocycles. The number of hydrogen-bond acceptors (Lipinski definition) is 4. The minimum atomic E-state index is -1.09. The number of amides is 1. The first-order valence-electron chi connectivity index (χ1n) is 8.89. The average Bonchev–Trinajstić information content (AvgIpc) is 3.08. The van der Waals surface area contributed by atoms with E-state index in [1.165, 1.54) is 6.26 Å². The highest BCUT2D eigenvalue weighted by atomic mass is 16.4. The van der Waals surface area contributed by atoms with Crippen LogP contribution in [0.5, 0.6) is 0 Å². The Morgan fingerprint density at radius 1 is 1.35 bits per heavy atom. The van der Waals surface area contributed by atoms with Crippen LogP contribution in [0.2, 0.25) is 0 Å². The van der Waals surface area contributed by atoms with Crippen LogP contribution < -0.4 is 0 Å². The molecule has 2 atom stereocenters. The van der Waals surface area contributed by atoms with Crippen molar-refractivity contribution < 1.29 is 19.1 Å². The van der Waals surface area contributed by atoms with Gasteiger partial charge in [-0.25, -0.2) is 9.78 Å². The smallest absolute Gasteiger partial charge is 0.357 e. The van der Waals surface area contributed by atoms with Crippen molar-refractivity contribution in [1.82, 2.24) is 9.88 Å². The number of carbonyl (C=O) groups is 2. The summed E-state index contributed by atoms with van der Waals surface area (Å²) in [5, 5.41) is 8.97. The lowest BCUT2D eigenvalue weighted by Gasteiger charge is -2.37. The number of benzene rings is 1. The molecule has 2 unspecified atom stereocenters. The molecule has 0 radical (unpaired) electrons. The summed E-state index contributed by atoms with van der Waals surface area (Å²) in [5.74, 6) is -0.462. The lowest BCUT2D eigenvalue weighted by Crippen LogP contribution is -2.44. The van der Waals surface area contributed by atoms with Crippen molar-refractivity contribution in [1.29, 1.82) is 0 Å². The van der Waals surface area contributed by atoms with Gasteiger partial charge in [-0.05, 0) is 44.7 Å². The van der Waals surface area contributed by atoms with E-state index in [-0.39, 0.29) is 23.6 Å². The molecule has 0 saturated carbocycles. The molecule has 0 aliphatic carbocycles. The maximum absolute atomic E-state index is 12.8. The van der Waals surface area contributed by atoms with Gasteiger partial charge < -0.3 is 14.4 Å². The molecule has 138 valence electrons. The van der Waals surface area contributed by atoms with Gasteiger partial charge in [-0.2, -0.15) is 0 Å². The predicted octanol–water partition coefficient (Wildman–Crippen LogP) is 3.33. The summed E-state index contributed by atoms with van der Waals surface area (Å²) in [6.07, 6.45) is 3.03. The zero-order valence-corrected chi connectivity index (χ0v) is 15.4. The number of nitrogens with zero attached hydrogens (tertiary/aromatic N) is 2. The topological polar surface area (TPSA) is 83.6 Å². The fraction of sp³-hybridized carbons (Fsp3) is 0.450. The van der Waals surface area contributed by atoms with Crippen molar-refractivity contribution in [2.45, 2.75) is 52.0 Å². The summed E-state index contributed by atoms with van der Waals surface area (Å²) in [6.45, 7) is 6.71. The lowest BCUT2D eigenvalue weighted by molar-refractivity contribution is -0.134. The van der Waals surface area contributed by atoms with Crippen molar-refractivity contribution in [3.8, 4) is 0 Å². The van der Waals surface area contributed by atoms with Crippen LogP contribution in [0.15, 0.2) is 28.9 Å². The average molecular weight is 356 g/mol. The molecule has 2 heterocycles. The van der Waals surface area contributed by atoms with Crippen molar-refractivity contribution in [3.63, 3.8) is 0 Å². The molecule has 26 heavy (non-hydrogen) atoms. The first-order valence-corrected chi connectivity index (χ1v) is 8.89. The van der Waals surface area contributed by atoms with E-state index in [9.17, 15) is 9.59 Å². The molecule has 1 aliphatic heterocycles. The summed E-state index contributed by atoms with van der Waals surface area (Å²) >= 11 is 0. The Morgan fingerprint density at radius 2 is 2.12 bits per heavy atom. The third-order valence-electron chi connectivity index (χ3n) is 5.13. The van der Waals surface area contributed by atoms with Gasteiger partial charge in [0.15, 0.2) is 11.6 Å². The SMILES string of the molecule is Cc1ccc(C)c(CC(=O)N2CCC(c3nc(C(=O)O)co3)CC2C)c1. The molecule has 3 rings (SSSR count). The van der Waals surface area contributed by atoms with Crippen LogP contribution in [-0.4, -0.2) is 39.5 Å². The zero-order valence-electron chi connectivity index (χ0n) is 15.4. The van der Waals surface area contributed by atoms with Crippen LogP contribution >= 0.6 is 0 Å². The number of oxazole rings is 1. The number of aromatic nitrogens is 1. The van der Waals surface area contributed by atoms with Crippen molar-refractivity contribution in [2.24, 2.45) is 0 Å². The second kappa shape index (κ2) is 7.32. The Hall–Kier alpha value is -2.63. The van der Waals surface area contributed by atoms with Crippen LogP contribution in [0.3, 0.4) is 0 Å². The molecule has 2 aromatic rings. The minimum Gasteiger partial charge on any atom is -0.476 e. The van der Waals surface area contributed by atoms with E-state index in [0.29, 0.717) is 18.9 Å². The van der Waals surface area contributed by atoms with Crippen LogP contribution in [0.1, 0.15) is 58.8 Å². The van der Waals surface area contributed by atoms with Crippen molar-refractivity contribution in [3.05, 3.63) is 52.7 Å². The van der Waals surface area contributed by atoms with Gasteiger partial charge in [-0.1, -0.05) is 23.8 Å². The van der Waals surface area contributed by atoms with E-state index < -0.39 is 5.97 Å². The van der Waals surface area contributed by atoms with Gasteiger partial charge in [0.1, 0.15) is 6.26 Å². The van der Waals surface area contributed by atoms with Crippen molar-refractivity contribution >= 4 is 11.9 Å². The monoisotopic (exact) mass is 356 g/mol. The number of aromatic carboxylic acids is 1. The normalized spacial score (nSPS) is 20.2. The Kier molecular flexibility index (Phi) is 5.11. The summed E-state index contributed by atoms with van der Waals surface area (Å²) < 4.78 is 5.34. The number of piperidine rings is 1. The molecule has 1 aliphatic rings. The highest BCUT2D eigenvalue weighted by Crippen LogP contribution is 2.31. The molecule has 1 amide bonds. The maximum Gasteiger partial charge on any atom is 0.357 e. The number of rotatable bonds is 4. The number of carboxylic acid groups (broad SMARTS) is 1. The van der Waals surface area contributed by atoms with Gasteiger partial charge in [-0.15, -0.1) is 0 Å². The van der Waals surface area contributed by atoms with E-state index in [1.54, 1.807) is 0 Å². The highest BCUT2D eigenvalue weighted by Gasteiger charge is 2.32. The van der Waals surface area contributed by atoms with E-state index in [1.807, 2.05) is 25.7 Å². The summed E-state index contributed by atoms with van der Waals surface area (Å²) in [5.41, 5.74) is 3.29. The number of likely N-dealkylation sites (tertiary alicyclic amines) is 1. The predicted molar refractivity (Wildman–Crippen MR) is 96.2 cm³/mol. The molecule has 6 heteroatoms. The van der Waals surface area contributed by atoms with Gasteiger partial charge in [0.05, 0.1) is 6.42 Å². The summed E-state index contributed by atoms with van der Waals surface area (Å²) in [4.78, 5) is 29.7. The number of carbonyl (C=O) groups excluding carboxylic acids is 1. The Labute approximate surface area is 152 Å². The third-order valence-corrected chi connectivity index (χ3v) is 5.13. The minimum absolute atomic E-state index is 0.0443. The zero-order chi connectivity index (χ0) is 18.8. The van der Waals surface area contributed by atoms with Crippen LogP contribution in [0.25, 0.3) is 0 Å². The first kappa shape index (κ1) is 18.2. The Balaban J connectivity index is 1.65. The van der Waals surface area contributed by atoms with Crippen LogP contribution in [0.4, 0.5) is 0 Å². The molecular weight excluding hydrogens is 332 g/mol. The lowest BCUT2D eigenvalue weighted by atomic mass is 9.90. The molecule has 1 fully saturated rings. The van der Waals surface area contributed by atoms with Crippen LogP contribution in [0, 0.1) is 13.8 Å². The Morgan fingerprint density at radius 3 is 2.77 bits per heavy atom. The first-order chi connectivity index (χ1) is 12.3. The van der Waals surface area contributed by atoms with Crippen molar-refractivity contribution in [2.75, 3.05) is 6.54 Å². The van der Waals surface area contributed by atoms with E-state index in [2.05, 4.69) is 23.2 Å². The van der Waals surface area contributed by atoms with Gasteiger partial charge in [0.25, 0.3) is 0 Å². The number of carboxylic acids is 1. The van der Waals surface area contributed by atoms with E-state index >= 15 is 0 Å². The number of hydrogen-bond donors (Lipinski definition) is 1. The standard InChI is InChI=1S/C20H24N2O4/c1-12-4-5-13(2)16(8-12)10-18(23)22-7-6-15(9-14(22)3)19-21-17(11-26-19)20(24)25/h4-5,8,11,14-15H,6-7,9-10H2,1-3H3,(H,24,25). The van der Waals surface area contributed by atoms with E-state index in [0.717, 1.165) is 29.5 Å². The maximum atomic E-state index is 12.8. The fourth-order valence-electron chi connectivity index (χ4n) is 3.60. The molecule has 1 aromatic carbocycles. The number of aryl methyl sites for hydroxylation is 2. The summed E-state index contributed by atoms with van der Waals surface area (Å²) in [6, 6.07) is 6.24. The van der Waals surface area contributed by atoms with Crippen LogP contribution in [-0.2, 0) is 11.2 Å². The van der Waals surface area contributed by atoms with Gasteiger partial charge in [-0.3, -0.25) is 4.79 Å². The second-order valence-corrected chi connectivity index (χ2v) is 7.14. The van der Waals surface area contributed by atoms with E-state index in [4.69, 9.17) is 9.52 Å². The van der Waals surface area contributed by atoms with Gasteiger partial charge >= 0.3 is 5.97 Å². The second-order valence-electron chi connectivity index (χ2n) is 7.14. The summed E-state index contributed by atoms with van der Waals surface area (Å²) in [7, 11) is 0. The molecule has 1 N–H and O–H groups in total. The quantitative estimate of drug-likeness (QED) is 0.908. The molecule has 1 aromatic heterocycles. The molecular formula is C20H24N2O4. The molecule has 0 spiro atoms. The largest absolute Gasteiger partial charge is 0.476 e.